The van der Waals surface area contributed by atoms with E-state index in [4.69, 9.17) is 4.52 Å². The van der Waals surface area contributed by atoms with Crippen molar-refractivity contribution in [1.29, 1.82) is 0 Å². The van der Waals surface area contributed by atoms with Crippen LogP contribution in [0.15, 0.2) is 40.9 Å². The second-order valence-electron chi connectivity index (χ2n) is 10.8. The summed E-state index contributed by atoms with van der Waals surface area (Å²) in [7, 11) is -3.46. The number of likely N-dealkylation sites (tertiary alicyclic amines) is 1. The highest BCUT2D eigenvalue weighted by atomic mass is 32.2. The number of carbonyl (C=O) groups excluding carboxylic acids is 1. The Morgan fingerprint density at radius 1 is 1.08 bits per heavy atom. The van der Waals surface area contributed by atoms with Crippen LogP contribution in [0.2, 0.25) is 0 Å². The van der Waals surface area contributed by atoms with Gasteiger partial charge in [0.1, 0.15) is 5.76 Å². The number of sulfonamides is 1. The molecule has 0 spiro atoms. The van der Waals surface area contributed by atoms with Crippen molar-refractivity contribution in [3.8, 4) is 0 Å². The number of amides is 1. The number of aliphatic hydroxyl groups excluding tert-OH is 1. The molecule has 37 heavy (non-hydrogen) atoms. The second-order valence-corrected chi connectivity index (χ2v) is 12.8. The molecule has 1 aromatic heterocycles. The average molecular weight is 531 g/mol. The lowest BCUT2D eigenvalue weighted by Crippen LogP contribution is -2.53. The molecule has 2 N–H and O–H groups in total. The van der Waals surface area contributed by atoms with Gasteiger partial charge in [0.2, 0.25) is 10.0 Å². The summed E-state index contributed by atoms with van der Waals surface area (Å²) in [5, 5.41) is 16.2. The highest BCUT2D eigenvalue weighted by Crippen LogP contribution is 2.40. The molecule has 5 rings (SSSR count). The first kappa shape index (κ1) is 26.3. The van der Waals surface area contributed by atoms with E-state index >= 15 is 0 Å². The predicted molar refractivity (Wildman–Crippen MR) is 140 cm³/mol. The minimum Gasteiger partial charge on any atom is -0.395 e. The Labute approximate surface area is 219 Å². The van der Waals surface area contributed by atoms with Gasteiger partial charge in [0, 0.05) is 37.2 Å². The van der Waals surface area contributed by atoms with E-state index in [1.54, 1.807) is 10.4 Å². The number of benzene rings is 1. The molecule has 202 valence electrons. The number of piperidine rings is 2. The van der Waals surface area contributed by atoms with Crippen LogP contribution >= 0.6 is 0 Å². The summed E-state index contributed by atoms with van der Waals surface area (Å²) < 4.78 is 34.3. The second kappa shape index (κ2) is 11.6. The maximum Gasteiger partial charge on any atom is 0.273 e. The quantitative estimate of drug-likeness (QED) is 0.485. The number of aliphatic hydroxyl groups is 1. The molecule has 0 bridgehead atoms. The van der Waals surface area contributed by atoms with E-state index < -0.39 is 10.0 Å². The number of aromatic nitrogens is 1. The molecule has 2 saturated heterocycles. The minimum absolute atomic E-state index is 0.127. The van der Waals surface area contributed by atoms with Crippen molar-refractivity contribution >= 4 is 15.9 Å². The van der Waals surface area contributed by atoms with Crippen molar-refractivity contribution in [2.45, 2.75) is 62.9 Å². The molecule has 2 aliphatic heterocycles. The number of rotatable bonds is 10. The fraction of sp³-hybridized carbons (Fsp3) is 0.630. The van der Waals surface area contributed by atoms with Crippen LogP contribution in [0.3, 0.4) is 0 Å². The van der Waals surface area contributed by atoms with E-state index in [0.29, 0.717) is 44.0 Å². The monoisotopic (exact) mass is 530 g/mol. The minimum atomic E-state index is -3.46. The number of carbonyl (C=O) groups is 1. The van der Waals surface area contributed by atoms with Crippen LogP contribution in [0.5, 0.6) is 0 Å². The van der Waals surface area contributed by atoms with Gasteiger partial charge in [-0.1, -0.05) is 35.5 Å². The van der Waals surface area contributed by atoms with Crippen molar-refractivity contribution in [2.75, 3.05) is 38.5 Å². The molecular weight excluding hydrogens is 492 g/mol. The Morgan fingerprint density at radius 2 is 1.84 bits per heavy atom. The third kappa shape index (κ3) is 6.79. The lowest BCUT2D eigenvalue weighted by molar-refractivity contribution is 0.0902. The van der Waals surface area contributed by atoms with Crippen LogP contribution in [-0.2, 0) is 16.4 Å². The van der Waals surface area contributed by atoms with Crippen LogP contribution in [0, 0.1) is 5.92 Å². The molecule has 3 fully saturated rings. The van der Waals surface area contributed by atoms with E-state index in [-0.39, 0.29) is 36.3 Å². The van der Waals surface area contributed by atoms with Crippen LogP contribution in [0.4, 0.5) is 0 Å². The summed E-state index contributed by atoms with van der Waals surface area (Å²) in [5.41, 5.74) is 1.38. The van der Waals surface area contributed by atoms with Crippen LogP contribution in [0.1, 0.15) is 66.3 Å². The highest BCUT2D eigenvalue weighted by molar-refractivity contribution is 7.89. The molecule has 2 aromatic rings. The van der Waals surface area contributed by atoms with Crippen molar-refractivity contribution in [2.24, 2.45) is 5.92 Å². The molecule has 2 atom stereocenters. The van der Waals surface area contributed by atoms with Gasteiger partial charge in [0.15, 0.2) is 5.69 Å². The highest BCUT2D eigenvalue weighted by Gasteiger charge is 2.38. The number of hydrogen-bond donors (Lipinski definition) is 2. The van der Waals surface area contributed by atoms with Gasteiger partial charge in [-0.2, -0.15) is 4.31 Å². The largest absolute Gasteiger partial charge is 0.395 e. The maximum atomic E-state index is 13.6. The topological polar surface area (TPSA) is 116 Å². The predicted octanol–water partition coefficient (Wildman–Crippen LogP) is 2.39. The molecule has 9 nitrogen and oxygen atoms in total. The fourth-order valence-corrected chi connectivity index (χ4v) is 7.84. The molecule has 3 aliphatic rings. The lowest BCUT2D eigenvalue weighted by Gasteiger charge is -2.40. The average Bonchev–Trinajstić information content (AvgIpc) is 3.62. The van der Waals surface area contributed by atoms with Crippen molar-refractivity contribution < 1.29 is 22.8 Å². The van der Waals surface area contributed by atoms with Gasteiger partial charge >= 0.3 is 0 Å². The molecular formula is C27H38N4O5S. The number of hydrogen-bond acceptors (Lipinski definition) is 7. The maximum absolute atomic E-state index is 13.6. The third-order valence-corrected chi connectivity index (χ3v) is 10.1. The SMILES string of the molecule is O=C(N[C@H]1CCN(S(=O)(=O)CC2CCN(CCO)CC2)[C@@H](Cc2ccccc2)C1)c1cc(C2CC2)on1. The normalized spacial score (nSPS) is 24.2. The van der Waals surface area contributed by atoms with Gasteiger partial charge < -0.3 is 19.8 Å². The zero-order chi connectivity index (χ0) is 25.8. The zero-order valence-electron chi connectivity index (χ0n) is 21.3. The lowest BCUT2D eigenvalue weighted by atomic mass is 9.94. The summed E-state index contributed by atoms with van der Waals surface area (Å²) in [6, 6.07) is 11.3. The van der Waals surface area contributed by atoms with E-state index in [9.17, 15) is 18.3 Å². The summed E-state index contributed by atoms with van der Waals surface area (Å²) in [4.78, 5) is 15.1. The molecule has 1 amide bonds. The van der Waals surface area contributed by atoms with Crippen molar-refractivity contribution in [3.63, 3.8) is 0 Å². The van der Waals surface area contributed by atoms with Gasteiger partial charge in [0.25, 0.3) is 5.91 Å². The van der Waals surface area contributed by atoms with Crippen molar-refractivity contribution in [3.05, 3.63) is 53.4 Å². The first-order valence-corrected chi connectivity index (χ1v) is 15.2. The number of β-amino-alcohol motifs (C(OH)–C–C–N with tert-alkyl or cyclic N) is 1. The molecule has 1 aliphatic carbocycles. The molecule has 10 heteroatoms. The number of nitrogens with one attached hydrogen (secondary N) is 1. The van der Waals surface area contributed by atoms with Crippen LogP contribution < -0.4 is 5.32 Å². The standard InChI is InChI=1S/C27H38N4O5S/c32-15-14-30-11-8-21(9-12-30)19-37(34,35)31-13-10-23(17-24(31)16-20-4-2-1-3-5-20)28-27(33)25-18-26(36-29-25)22-6-7-22/h1-5,18,21-24,32H,6-17,19H2,(H,28,33)/t23-,24-/m0/s1. The Balaban J connectivity index is 1.24. The Hall–Kier alpha value is -2.27. The number of nitrogens with zero attached hydrogens (tertiary/aromatic N) is 3. The smallest absolute Gasteiger partial charge is 0.273 e. The van der Waals surface area contributed by atoms with Crippen LogP contribution in [-0.4, -0.2) is 84.4 Å². The summed E-state index contributed by atoms with van der Waals surface area (Å²) in [5.74, 6) is 1.19. The zero-order valence-corrected chi connectivity index (χ0v) is 22.1. The van der Waals surface area contributed by atoms with Gasteiger partial charge in [-0.15, -0.1) is 0 Å². The Kier molecular flexibility index (Phi) is 8.28. The third-order valence-electron chi connectivity index (χ3n) is 7.98. The van der Waals surface area contributed by atoms with E-state index in [1.807, 2.05) is 30.3 Å². The van der Waals surface area contributed by atoms with Crippen LogP contribution in [0.25, 0.3) is 0 Å². The van der Waals surface area contributed by atoms with Gasteiger partial charge in [-0.25, -0.2) is 8.42 Å². The molecule has 0 radical (unpaired) electrons. The van der Waals surface area contributed by atoms with Crippen molar-refractivity contribution in [1.82, 2.24) is 19.7 Å². The fourth-order valence-electron chi connectivity index (χ4n) is 5.73. The van der Waals surface area contributed by atoms with E-state index in [1.165, 1.54) is 0 Å². The Morgan fingerprint density at radius 3 is 2.54 bits per heavy atom. The summed E-state index contributed by atoms with van der Waals surface area (Å²) in [6.45, 7) is 2.82. The summed E-state index contributed by atoms with van der Waals surface area (Å²) >= 11 is 0. The van der Waals surface area contributed by atoms with Gasteiger partial charge in [0.05, 0.1) is 12.4 Å². The van der Waals surface area contributed by atoms with Gasteiger partial charge in [-0.05, 0) is 69.5 Å². The molecule has 1 saturated carbocycles. The summed E-state index contributed by atoms with van der Waals surface area (Å²) in [6.07, 6.45) is 5.54. The molecule has 3 heterocycles. The molecule has 0 unspecified atom stereocenters. The Bertz CT molecular complexity index is 1140. The first-order valence-electron chi connectivity index (χ1n) is 13.6. The first-order chi connectivity index (χ1) is 17.9. The van der Waals surface area contributed by atoms with E-state index in [0.717, 1.165) is 50.1 Å². The molecule has 1 aromatic carbocycles. The van der Waals surface area contributed by atoms with Gasteiger partial charge in [-0.3, -0.25) is 4.79 Å². The van der Waals surface area contributed by atoms with E-state index in [2.05, 4.69) is 15.4 Å².